The van der Waals surface area contributed by atoms with Crippen molar-refractivity contribution in [1.29, 1.82) is 0 Å². The van der Waals surface area contributed by atoms with Crippen LogP contribution in [0.2, 0.25) is 0 Å². The summed E-state index contributed by atoms with van der Waals surface area (Å²) in [6, 6.07) is 13.6. The van der Waals surface area contributed by atoms with Crippen LogP contribution in [0.1, 0.15) is 31.5 Å². The van der Waals surface area contributed by atoms with Gasteiger partial charge in [-0.05, 0) is 30.2 Å². The van der Waals surface area contributed by atoms with E-state index in [2.05, 4.69) is 17.3 Å². The van der Waals surface area contributed by atoms with Crippen LogP contribution in [0.5, 0.6) is 0 Å². The number of carbonyl (C=O) groups excluding carboxylic acids is 1. The summed E-state index contributed by atoms with van der Waals surface area (Å²) in [7, 11) is 0. The number of para-hydroxylation sites is 1. The number of non-ortho nitro benzene ring substituents is 1. The fourth-order valence-electron chi connectivity index (χ4n) is 3.19. The summed E-state index contributed by atoms with van der Waals surface area (Å²) in [4.78, 5) is 28.3. The van der Waals surface area contributed by atoms with Crippen molar-refractivity contribution in [3.8, 4) is 0 Å². The lowest BCUT2D eigenvalue weighted by molar-refractivity contribution is -0.384. The van der Waals surface area contributed by atoms with E-state index in [1.165, 1.54) is 23.9 Å². The minimum atomic E-state index is -0.575. The Balaban J connectivity index is 1.81. The standard InChI is InChI=1S/C20H19N5O3S/c1-2-3-12-29-20-22-19(26)17-15-6-4-5-7-16(15)21-18(24(17)23-20)13-8-10-14(11-9-13)25(27)28/h4-11,18H,2-3,12H2,1H3,(H,22,23,26). The van der Waals surface area contributed by atoms with E-state index in [9.17, 15) is 14.9 Å². The van der Waals surface area contributed by atoms with Gasteiger partial charge < -0.3 is 0 Å². The van der Waals surface area contributed by atoms with E-state index in [0.29, 0.717) is 21.4 Å². The van der Waals surface area contributed by atoms with E-state index in [-0.39, 0.29) is 11.6 Å². The molecular weight excluding hydrogens is 390 g/mol. The van der Waals surface area contributed by atoms with Crippen LogP contribution in [0.25, 0.3) is 5.70 Å². The summed E-state index contributed by atoms with van der Waals surface area (Å²) in [6.07, 6.45) is 1.51. The van der Waals surface area contributed by atoms with Crippen molar-refractivity contribution < 1.29 is 9.72 Å². The Bertz CT molecular complexity index is 1110. The zero-order valence-corrected chi connectivity index (χ0v) is 16.6. The van der Waals surface area contributed by atoms with E-state index < -0.39 is 11.1 Å². The first-order valence-electron chi connectivity index (χ1n) is 9.32. The predicted molar refractivity (Wildman–Crippen MR) is 111 cm³/mol. The maximum Gasteiger partial charge on any atom is 0.276 e. The minimum absolute atomic E-state index is 0.00450. The van der Waals surface area contributed by atoms with Crippen LogP contribution in [-0.2, 0) is 4.79 Å². The molecule has 0 bridgehead atoms. The number of fused-ring (bicyclic) bond motifs is 2. The number of unbranched alkanes of at least 4 members (excludes halogenated alkanes) is 1. The van der Waals surface area contributed by atoms with Crippen molar-refractivity contribution in [2.45, 2.75) is 25.9 Å². The van der Waals surface area contributed by atoms with Gasteiger partial charge in [-0.15, -0.1) is 5.10 Å². The molecule has 0 saturated carbocycles. The van der Waals surface area contributed by atoms with Crippen LogP contribution >= 0.6 is 11.8 Å². The lowest BCUT2D eigenvalue weighted by Gasteiger charge is -2.34. The van der Waals surface area contributed by atoms with E-state index in [4.69, 9.17) is 4.99 Å². The molecule has 148 valence electrons. The molecule has 0 spiro atoms. The summed E-state index contributed by atoms with van der Waals surface area (Å²) in [6.45, 7) is 2.11. The molecule has 2 aromatic rings. The fraction of sp³-hybridized carbons (Fsp3) is 0.250. The van der Waals surface area contributed by atoms with Gasteiger partial charge in [0.15, 0.2) is 11.3 Å². The topological polar surface area (TPSA) is 100 Å². The van der Waals surface area contributed by atoms with Crippen LogP contribution in [0.4, 0.5) is 5.69 Å². The Hall–Kier alpha value is -3.20. The zero-order chi connectivity index (χ0) is 20.4. The molecule has 2 aliphatic heterocycles. The third kappa shape index (κ3) is 3.73. The van der Waals surface area contributed by atoms with Crippen molar-refractivity contribution >= 4 is 34.2 Å². The SMILES string of the molecule is CCCCSC1=NN2C(=c3ccccc3=NC2c2ccc([N+](=O)[O-])cc2)C(=O)N1. The maximum atomic E-state index is 12.9. The van der Waals surface area contributed by atoms with Crippen LogP contribution in [0.15, 0.2) is 58.6 Å². The van der Waals surface area contributed by atoms with Gasteiger partial charge in [0.2, 0.25) is 0 Å². The highest BCUT2D eigenvalue weighted by Gasteiger charge is 2.34. The molecule has 0 radical (unpaired) electrons. The second kappa shape index (κ2) is 8.04. The molecule has 1 atom stereocenters. The minimum Gasteiger partial charge on any atom is -0.298 e. The largest absolute Gasteiger partial charge is 0.298 e. The van der Waals surface area contributed by atoms with E-state index >= 15 is 0 Å². The Morgan fingerprint density at radius 1 is 1.21 bits per heavy atom. The van der Waals surface area contributed by atoms with Gasteiger partial charge in [0, 0.05) is 23.1 Å². The highest BCUT2D eigenvalue weighted by Crippen LogP contribution is 2.31. The summed E-state index contributed by atoms with van der Waals surface area (Å²) in [5, 5.41) is 22.1. The molecule has 2 aliphatic rings. The number of rotatable bonds is 5. The maximum absolute atomic E-state index is 12.9. The lowest BCUT2D eigenvalue weighted by atomic mass is 10.1. The molecule has 2 heterocycles. The number of nitro groups is 1. The van der Waals surface area contributed by atoms with E-state index in [1.54, 1.807) is 17.1 Å². The first-order chi connectivity index (χ1) is 14.1. The fourth-order valence-corrected chi connectivity index (χ4v) is 4.13. The first-order valence-corrected chi connectivity index (χ1v) is 10.3. The number of amides is 1. The smallest absolute Gasteiger partial charge is 0.276 e. The average molecular weight is 409 g/mol. The van der Waals surface area contributed by atoms with Crippen LogP contribution in [0, 0.1) is 10.1 Å². The third-order valence-electron chi connectivity index (χ3n) is 4.65. The second-order valence-electron chi connectivity index (χ2n) is 6.62. The summed E-state index contributed by atoms with van der Waals surface area (Å²) in [5.74, 6) is 0.627. The Morgan fingerprint density at radius 2 is 1.97 bits per heavy atom. The number of benzene rings is 2. The summed E-state index contributed by atoms with van der Waals surface area (Å²) < 4.78 is 0. The normalized spacial score (nSPS) is 17.6. The first kappa shape index (κ1) is 19.1. The quantitative estimate of drug-likeness (QED) is 0.464. The number of amidine groups is 1. The van der Waals surface area contributed by atoms with Crippen molar-refractivity contribution in [1.82, 2.24) is 10.3 Å². The number of thioether (sulfide) groups is 1. The van der Waals surface area contributed by atoms with Crippen LogP contribution in [0.3, 0.4) is 0 Å². The second-order valence-corrected chi connectivity index (χ2v) is 7.71. The number of hydrogen-bond donors (Lipinski definition) is 1. The molecule has 29 heavy (non-hydrogen) atoms. The molecule has 0 fully saturated rings. The van der Waals surface area contributed by atoms with E-state index in [0.717, 1.165) is 24.2 Å². The number of nitro benzene ring substituents is 1. The summed E-state index contributed by atoms with van der Waals surface area (Å²) >= 11 is 1.50. The number of nitrogens with zero attached hydrogens (tertiary/aromatic N) is 4. The molecule has 8 nitrogen and oxygen atoms in total. The van der Waals surface area contributed by atoms with Gasteiger partial charge in [-0.3, -0.25) is 25.2 Å². The average Bonchev–Trinajstić information content (AvgIpc) is 2.73. The van der Waals surface area contributed by atoms with Gasteiger partial charge in [-0.25, -0.2) is 5.01 Å². The number of hydrazone groups is 1. The highest BCUT2D eigenvalue weighted by molar-refractivity contribution is 8.13. The Kier molecular flexibility index (Phi) is 5.30. The van der Waals surface area contributed by atoms with Gasteiger partial charge >= 0.3 is 0 Å². The van der Waals surface area contributed by atoms with Gasteiger partial charge in [0.25, 0.3) is 11.6 Å². The number of carbonyl (C=O) groups is 1. The van der Waals surface area contributed by atoms with Gasteiger partial charge in [-0.2, -0.15) is 0 Å². The highest BCUT2D eigenvalue weighted by atomic mass is 32.2. The molecular formula is C20H19N5O3S. The zero-order valence-electron chi connectivity index (χ0n) is 15.7. The van der Waals surface area contributed by atoms with Crippen LogP contribution in [-0.4, -0.2) is 26.8 Å². The third-order valence-corrected chi connectivity index (χ3v) is 5.60. The number of hydrogen-bond acceptors (Lipinski definition) is 7. The van der Waals surface area contributed by atoms with Crippen molar-refractivity contribution in [3.05, 3.63) is 74.8 Å². The molecule has 0 aliphatic carbocycles. The summed E-state index contributed by atoms with van der Waals surface area (Å²) in [5.41, 5.74) is 1.16. The van der Waals surface area contributed by atoms with Crippen LogP contribution < -0.4 is 15.9 Å². The van der Waals surface area contributed by atoms with Crippen molar-refractivity contribution in [3.63, 3.8) is 0 Å². The van der Waals surface area contributed by atoms with Crippen molar-refractivity contribution in [2.24, 2.45) is 10.1 Å². The molecule has 1 unspecified atom stereocenters. The molecule has 9 heteroatoms. The van der Waals surface area contributed by atoms with Gasteiger partial charge in [0.05, 0.1) is 10.3 Å². The lowest BCUT2D eigenvalue weighted by Crippen LogP contribution is -2.50. The molecule has 2 aromatic carbocycles. The molecule has 1 N–H and O–H groups in total. The molecule has 0 aromatic heterocycles. The Morgan fingerprint density at radius 3 is 2.69 bits per heavy atom. The van der Waals surface area contributed by atoms with Gasteiger partial charge in [-0.1, -0.05) is 43.3 Å². The Labute approximate surface area is 171 Å². The molecule has 1 amide bonds. The monoisotopic (exact) mass is 409 g/mol. The van der Waals surface area contributed by atoms with E-state index in [1.807, 2.05) is 24.3 Å². The van der Waals surface area contributed by atoms with Gasteiger partial charge in [0.1, 0.15) is 5.70 Å². The predicted octanol–water partition coefficient (Wildman–Crippen LogP) is 2.27. The van der Waals surface area contributed by atoms with Crippen molar-refractivity contribution in [2.75, 3.05) is 5.75 Å². The number of nitrogens with one attached hydrogen (secondary N) is 1. The molecule has 0 saturated heterocycles. The molecule has 4 rings (SSSR count).